The van der Waals surface area contributed by atoms with E-state index in [1.165, 1.54) is 0 Å². The Labute approximate surface area is 202 Å². The number of halogens is 12. The van der Waals surface area contributed by atoms with Crippen LogP contribution < -0.4 is 8.91 Å². The molecular formula is C13H7F12NO9S3. The zero-order chi connectivity index (χ0) is 30.6. The second-order valence-electron chi connectivity index (χ2n) is 6.52. The van der Waals surface area contributed by atoms with E-state index in [-0.39, 0.29) is 29.0 Å². The highest BCUT2D eigenvalue weighted by Crippen LogP contribution is 2.51. The molecule has 0 spiro atoms. The maximum absolute atomic E-state index is 13.7. The Balaban J connectivity index is 3.26. The SMILES string of the molecule is O=C(NS(=O)(=O)C(F)(F)C(F)(F)C(F)F)c1ccc(OS(=O)(=O)C(F)(F)C(F)(F)C(F)(F)S(=O)(=O)O)cc1. The van der Waals surface area contributed by atoms with Crippen LogP contribution in [0.3, 0.4) is 0 Å². The third-order valence-corrected chi connectivity index (χ3v) is 7.52. The van der Waals surface area contributed by atoms with Gasteiger partial charge in [0.1, 0.15) is 5.75 Å². The number of hydrogen-bond donors (Lipinski definition) is 2. The fourth-order valence-electron chi connectivity index (χ4n) is 1.88. The topological polar surface area (TPSA) is 161 Å². The lowest BCUT2D eigenvalue weighted by Gasteiger charge is -2.29. The summed E-state index contributed by atoms with van der Waals surface area (Å²) in [4.78, 5) is 11.7. The highest BCUT2D eigenvalue weighted by atomic mass is 32.2. The fraction of sp³-hybridized carbons (Fsp3) is 0.462. The van der Waals surface area contributed by atoms with Crippen molar-refractivity contribution in [3.8, 4) is 5.75 Å². The number of alkyl halides is 12. The van der Waals surface area contributed by atoms with Crippen molar-refractivity contribution in [2.45, 2.75) is 34.0 Å². The van der Waals surface area contributed by atoms with Gasteiger partial charge in [0.2, 0.25) is 0 Å². The van der Waals surface area contributed by atoms with Crippen molar-refractivity contribution >= 4 is 36.2 Å². The lowest BCUT2D eigenvalue weighted by molar-refractivity contribution is -0.247. The van der Waals surface area contributed by atoms with Gasteiger partial charge in [-0.05, 0) is 24.3 Å². The zero-order valence-corrected chi connectivity index (χ0v) is 19.3. The van der Waals surface area contributed by atoms with Gasteiger partial charge in [-0.25, -0.2) is 13.5 Å². The molecule has 0 saturated heterocycles. The van der Waals surface area contributed by atoms with Crippen LogP contribution in [0.4, 0.5) is 52.7 Å². The van der Waals surface area contributed by atoms with E-state index in [0.29, 0.717) is 0 Å². The number of amides is 1. The van der Waals surface area contributed by atoms with Gasteiger partial charge in [0.05, 0.1) is 0 Å². The van der Waals surface area contributed by atoms with Gasteiger partial charge in [-0.2, -0.15) is 69.2 Å². The Bertz CT molecular complexity index is 1390. The molecule has 2 N–H and O–H groups in total. The van der Waals surface area contributed by atoms with Crippen LogP contribution >= 0.6 is 0 Å². The summed E-state index contributed by atoms with van der Waals surface area (Å²) in [7, 11) is -21.6. The molecule has 0 bridgehead atoms. The van der Waals surface area contributed by atoms with Crippen LogP contribution in [0, 0.1) is 0 Å². The first kappa shape index (κ1) is 33.5. The molecule has 10 nitrogen and oxygen atoms in total. The van der Waals surface area contributed by atoms with E-state index in [1.807, 2.05) is 0 Å². The summed E-state index contributed by atoms with van der Waals surface area (Å²) in [5.41, 5.74) is -1.26. The molecule has 0 saturated carbocycles. The summed E-state index contributed by atoms with van der Waals surface area (Å²) in [6.07, 6.45) is -5.24. The van der Waals surface area contributed by atoms with Gasteiger partial charge in [0, 0.05) is 5.56 Å². The average molecular weight is 645 g/mol. The van der Waals surface area contributed by atoms with Gasteiger partial charge in [-0.3, -0.25) is 9.35 Å². The molecule has 0 aliphatic heterocycles. The van der Waals surface area contributed by atoms with Gasteiger partial charge in [-0.15, -0.1) is 0 Å². The third kappa shape index (κ3) is 5.31. The van der Waals surface area contributed by atoms with E-state index in [4.69, 9.17) is 4.55 Å². The number of sulfonamides is 1. The summed E-state index contributed by atoms with van der Waals surface area (Å²) in [5.74, 6) is -17.8. The van der Waals surface area contributed by atoms with Crippen LogP contribution in [-0.2, 0) is 30.3 Å². The molecular weight excluding hydrogens is 638 g/mol. The summed E-state index contributed by atoms with van der Waals surface area (Å²) < 4.78 is 235. The lowest BCUT2D eigenvalue weighted by atomic mass is 10.2. The molecule has 220 valence electrons. The molecule has 1 rings (SSSR count). The molecule has 0 aliphatic rings. The van der Waals surface area contributed by atoms with E-state index in [2.05, 4.69) is 4.18 Å². The number of carbonyl (C=O) groups is 1. The molecule has 0 aromatic heterocycles. The number of rotatable bonds is 11. The molecule has 25 heteroatoms. The molecule has 0 fully saturated rings. The van der Waals surface area contributed by atoms with Crippen LogP contribution in [0.2, 0.25) is 0 Å². The van der Waals surface area contributed by atoms with Crippen molar-refractivity contribution in [3.63, 3.8) is 0 Å². The summed E-state index contributed by atoms with van der Waals surface area (Å²) >= 11 is 0. The van der Waals surface area contributed by atoms with Crippen LogP contribution in [0.15, 0.2) is 24.3 Å². The molecule has 1 amide bonds. The minimum atomic E-state index is -7.38. The largest absolute Gasteiger partial charge is 0.450 e. The molecule has 0 unspecified atom stereocenters. The van der Waals surface area contributed by atoms with E-state index >= 15 is 0 Å². The smallest absolute Gasteiger partial charge is 0.378 e. The zero-order valence-electron chi connectivity index (χ0n) is 16.9. The maximum atomic E-state index is 13.7. The predicted octanol–water partition coefficient (Wildman–Crippen LogP) is 2.66. The van der Waals surface area contributed by atoms with Crippen molar-refractivity contribution in [2.24, 2.45) is 0 Å². The highest BCUT2D eigenvalue weighted by molar-refractivity contribution is 7.91. The van der Waals surface area contributed by atoms with E-state index < -0.39 is 81.5 Å². The first-order valence-electron chi connectivity index (χ1n) is 8.26. The Kier molecular flexibility index (Phi) is 8.44. The Hall–Kier alpha value is -2.54. The van der Waals surface area contributed by atoms with Gasteiger partial charge in [0.15, 0.2) is 0 Å². The first-order chi connectivity index (χ1) is 16.5. The van der Waals surface area contributed by atoms with Crippen LogP contribution in [0.25, 0.3) is 0 Å². The Morgan fingerprint density at radius 2 is 1.18 bits per heavy atom. The van der Waals surface area contributed by atoms with Gasteiger partial charge >= 0.3 is 64.3 Å². The second kappa shape index (κ2) is 9.58. The molecule has 0 atom stereocenters. The monoisotopic (exact) mass is 645 g/mol. The Morgan fingerprint density at radius 3 is 1.55 bits per heavy atom. The maximum Gasteiger partial charge on any atom is 0.450 e. The van der Waals surface area contributed by atoms with Gasteiger partial charge in [-0.1, -0.05) is 0 Å². The number of benzene rings is 1. The normalized spacial score (nSPS) is 14.9. The number of carbonyl (C=O) groups excluding carboxylic acids is 1. The Morgan fingerprint density at radius 1 is 0.763 bits per heavy atom. The summed E-state index contributed by atoms with van der Waals surface area (Å²) in [6.45, 7) is 0. The van der Waals surface area contributed by atoms with Gasteiger partial charge < -0.3 is 4.18 Å². The van der Waals surface area contributed by atoms with Crippen molar-refractivity contribution in [2.75, 3.05) is 0 Å². The summed E-state index contributed by atoms with van der Waals surface area (Å²) in [5, 5.41) is -20.8. The highest BCUT2D eigenvalue weighted by Gasteiger charge is 2.83. The molecule has 38 heavy (non-hydrogen) atoms. The fourth-order valence-corrected chi connectivity index (χ4v) is 4.25. The quantitative estimate of drug-likeness (QED) is 0.210. The molecule has 0 radical (unpaired) electrons. The van der Waals surface area contributed by atoms with E-state index in [1.54, 1.807) is 0 Å². The standard InChI is InChI=1S/C13H7F12NO9S3/c14-8(15)9(16,17)11(20,21)36(28,29)26-7(27)5-1-3-6(4-2-5)35-38(33,34)13(24,25)10(18,19)12(22,23)37(30,31)32/h1-4,8H,(H,26,27)(H,30,31,32). The average Bonchev–Trinajstić information content (AvgIpc) is 2.71. The van der Waals surface area contributed by atoms with Crippen molar-refractivity contribution in [1.29, 1.82) is 0 Å². The minimum absolute atomic E-state index is 0.0276. The molecule has 1 aromatic carbocycles. The predicted molar refractivity (Wildman–Crippen MR) is 94.7 cm³/mol. The van der Waals surface area contributed by atoms with Crippen molar-refractivity contribution in [1.82, 2.24) is 4.72 Å². The van der Waals surface area contributed by atoms with E-state index in [0.717, 1.165) is 0 Å². The molecule has 0 aliphatic carbocycles. The number of nitrogens with one attached hydrogen (secondary N) is 1. The molecule has 0 heterocycles. The van der Waals surface area contributed by atoms with Crippen LogP contribution in [0.5, 0.6) is 5.75 Å². The van der Waals surface area contributed by atoms with Crippen molar-refractivity contribution in [3.05, 3.63) is 29.8 Å². The number of hydrogen-bond acceptors (Lipinski definition) is 8. The lowest BCUT2D eigenvalue weighted by Crippen LogP contribution is -2.61. The van der Waals surface area contributed by atoms with Crippen molar-refractivity contribution < 1.29 is 91.5 Å². The second-order valence-corrected chi connectivity index (χ2v) is 11.3. The van der Waals surface area contributed by atoms with Crippen LogP contribution in [0.1, 0.15) is 10.4 Å². The minimum Gasteiger partial charge on any atom is -0.378 e. The third-order valence-electron chi connectivity index (χ3n) is 3.92. The van der Waals surface area contributed by atoms with Gasteiger partial charge in [0.25, 0.3) is 5.91 Å². The first-order valence-corrected chi connectivity index (χ1v) is 12.6. The summed E-state index contributed by atoms with van der Waals surface area (Å²) in [6, 6.07) is 0.0601. The van der Waals surface area contributed by atoms with Crippen LogP contribution in [-0.4, -0.2) is 69.7 Å². The molecule has 1 aromatic rings. The van der Waals surface area contributed by atoms with E-state index in [9.17, 15) is 82.7 Å².